The van der Waals surface area contributed by atoms with E-state index in [1.54, 1.807) is 17.5 Å². The molecule has 0 atom stereocenters. The van der Waals surface area contributed by atoms with Crippen LogP contribution in [0.5, 0.6) is 0 Å². The highest BCUT2D eigenvalue weighted by Gasteiger charge is 2.02. The predicted molar refractivity (Wildman–Crippen MR) is 89.4 cm³/mol. The molecule has 21 heavy (non-hydrogen) atoms. The van der Waals surface area contributed by atoms with Crippen molar-refractivity contribution < 1.29 is 0 Å². The number of thiophene rings is 1. The van der Waals surface area contributed by atoms with E-state index in [9.17, 15) is 0 Å². The second-order valence-corrected chi connectivity index (χ2v) is 6.23. The fraction of sp³-hybridized carbons (Fsp3) is 0.375. The minimum atomic E-state index is 0.577. The Morgan fingerprint density at radius 3 is 2.81 bits per heavy atom. The summed E-state index contributed by atoms with van der Waals surface area (Å²) in [5.74, 6) is 1.41. The van der Waals surface area contributed by atoms with Crippen LogP contribution in [0.4, 0.5) is 0 Å². The third kappa shape index (κ3) is 5.95. The van der Waals surface area contributed by atoms with Crippen molar-refractivity contribution in [2.75, 3.05) is 6.54 Å². The Hall–Kier alpha value is -1.88. The molecule has 0 amide bonds. The molecule has 2 N–H and O–H groups in total. The van der Waals surface area contributed by atoms with Gasteiger partial charge in [0.1, 0.15) is 0 Å². The lowest BCUT2D eigenvalue weighted by Crippen LogP contribution is -2.38. The van der Waals surface area contributed by atoms with Crippen LogP contribution in [-0.2, 0) is 13.1 Å². The van der Waals surface area contributed by atoms with E-state index in [1.165, 1.54) is 4.88 Å². The van der Waals surface area contributed by atoms with Gasteiger partial charge in [0.15, 0.2) is 5.96 Å². The molecule has 0 unspecified atom stereocenters. The van der Waals surface area contributed by atoms with Gasteiger partial charge in [-0.25, -0.2) is 4.99 Å². The van der Waals surface area contributed by atoms with Gasteiger partial charge in [-0.3, -0.25) is 4.98 Å². The molecule has 2 aromatic rings. The average molecular weight is 302 g/mol. The fourth-order valence-corrected chi connectivity index (χ4v) is 2.36. The largest absolute Gasteiger partial charge is 0.356 e. The number of aromatic nitrogens is 1. The number of nitrogens with zero attached hydrogens (tertiary/aromatic N) is 2. The zero-order valence-corrected chi connectivity index (χ0v) is 13.4. The highest BCUT2D eigenvalue weighted by molar-refractivity contribution is 7.09. The highest BCUT2D eigenvalue weighted by Crippen LogP contribution is 2.07. The molecule has 0 aliphatic rings. The second kappa shape index (κ2) is 8.42. The molecule has 4 nitrogen and oxygen atoms in total. The number of guanidine groups is 1. The Morgan fingerprint density at radius 2 is 2.14 bits per heavy atom. The van der Waals surface area contributed by atoms with E-state index >= 15 is 0 Å². The first-order chi connectivity index (χ1) is 10.2. The van der Waals surface area contributed by atoms with Crippen LogP contribution in [0, 0.1) is 5.92 Å². The smallest absolute Gasteiger partial charge is 0.191 e. The first kappa shape index (κ1) is 15.5. The summed E-state index contributed by atoms with van der Waals surface area (Å²) in [7, 11) is 0. The maximum atomic E-state index is 4.60. The van der Waals surface area contributed by atoms with Gasteiger partial charge in [-0.1, -0.05) is 26.0 Å². The molecule has 0 spiro atoms. The number of aliphatic imine (C=N–C) groups is 1. The van der Waals surface area contributed by atoms with Gasteiger partial charge in [-0.2, -0.15) is 0 Å². The van der Waals surface area contributed by atoms with E-state index in [1.807, 2.05) is 18.2 Å². The van der Waals surface area contributed by atoms with Crippen molar-refractivity contribution in [3.05, 3.63) is 52.5 Å². The molecular weight excluding hydrogens is 280 g/mol. The summed E-state index contributed by atoms with van der Waals surface area (Å²) >= 11 is 1.75. The standard InChI is InChI=1S/C16H22N4S/c1-13(2)10-18-16(20-12-15-7-5-9-21-15)19-11-14-6-3-4-8-17-14/h3-9,13H,10-12H2,1-2H3,(H2,18,19,20). The Bertz CT molecular complexity index is 535. The quantitative estimate of drug-likeness (QED) is 0.637. The van der Waals surface area contributed by atoms with Crippen LogP contribution in [0.2, 0.25) is 0 Å². The van der Waals surface area contributed by atoms with Crippen molar-refractivity contribution in [1.82, 2.24) is 15.6 Å². The minimum absolute atomic E-state index is 0.577. The van der Waals surface area contributed by atoms with Gasteiger partial charge < -0.3 is 10.6 Å². The third-order valence-corrected chi connectivity index (χ3v) is 3.69. The first-order valence-corrected chi connectivity index (χ1v) is 8.06. The fourth-order valence-electron chi connectivity index (χ4n) is 1.71. The Balaban J connectivity index is 1.93. The van der Waals surface area contributed by atoms with Crippen LogP contribution < -0.4 is 10.6 Å². The highest BCUT2D eigenvalue weighted by atomic mass is 32.1. The van der Waals surface area contributed by atoms with Gasteiger partial charge in [-0.05, 0) is 29.5 Å². The van der Waals surface area contributed by atoms with E-state index in [2.05, 4.69) is 52.0 Å². The molecule has 2 rings (SSSR count). The summed E-state index contributed by atoms with van der Waals surface area (Å²) in [6, 6.07) is 10.1. The molecule has 0 aromatic carbocycles. The van der Waals surface area contributed by atoms with Crippen molar-refractivity contribution >= 4 is 17.3 Å². The van der Waals surface area contributed by atoms with Gasteiger partial charge in [-0.15, -0.1) is 11.3 Å². The van der Waals surface area contributed by atoms with Crippen molar-refractivity contribution in [1.29, 1.82) is 0 Å². The number of hydrogen-bond donors (Lipinski definition) is 2. The van der Waals surface area contributed by atoms with Gasteiger partial charge in [0.05, 0.1) is 18.8 Å². The molecule has 5 heteroatoms. The normalized spacial score (nSPS) is 11.7. The third-order valence-electron chi connectivity index (χ3n) is 2.81. The van der Waals surface area contributed by atoms with Crippen LogP contribution in [0.1, 0.15) is 24.4 Å². The Labute approximate surface area is 130 Å². The molecule has 0 radical (unpaired) electrons. The molecule has 0 saturated heterocycles. The molecule has 2 aromatic heterocycles. The van der Waals surface area contributed by atoms with Crippen molar-refractivity contribution in [3.63, 3.8) is 0 Å². The zero-order valence-electron chi connectivity index (χ0n) is 12.5. The molecule has 0 aliphatic carbocycles. The number of nitrogens with one attached hydrogen (secondary N) is 2. The topological polar surface area (TPSA) is 49.3 Å². The van der Waals surface area contributed by atoms with Gasteiger partial charge in [0.25, 0.3) is 0 Å². The monoisotopic (exact) mass is 302 g/mol. The molecule has 0 saturated carbocycles. The lowest BCUT2D eigenvalue weighted by Gasteiger charge is -2.13. The van der Waals surface area contributed by atoms with E-state index in [0.717, 1.165) is 24.7 Å². The molecular formula is C16H22N4S. The van der Waals surface area contributed by atoms with Crippen LogP contribution in [0.3, 0.4) is 0 Å². The van der Waals surface area contributed by atoms with Crippen LogP contribution in [0.25, 0.3) is 0 Å². The lowest BCUT2D eigenvalue weighted by atomic mass is 10.2. The van der Waals surface area contributed by atoms with E-state index < -0.39 is 0 Å². The number of rotatable bonds is 6. The Kier molecular flexibility index (Phi) is 6.22. The summed E-state index contributed by atoms with van der Waals surface area (Å²) in [4.78, 5) is 10.2. The number of pyridine rings is 1. The maximum Gasteiger partial charge on any atom is 0.191 e. The van der Waals surface area contributed by atoms with Gasteiger partial charge in [0.2, 0.25) is 0 Å². The Morgan fingerprint density at radius 1 is 1.24 bits per heavy atom. The first-order valence-electron chi connectivity index (χ1n) is 7.18. The van der Waals surface area contributed by atoms with E-state index in [4.69, 9.17) is 0 Å². The molecule has 0 aliphatic heterocycles. The summed E-state index contributed by atoms with van der Waals surface area (Å²) < 4.78 is 0. The van der Waals surface area contributed by atoms with Crippen LogP contribution in [0.15, 0.2) is 46.9 Å². The van der Waals surface area contributed by atoms with E-state index in [-0.39, 0.29) is 0 Å². The van der Waals surface area contributed by atoms with Crippen molar-refractivity contribution in [2.45, 2.75) is 26.9 Å². The maximum absolute atomic E-state index is 4.60. The summed E-state index contributed by atoms with van der Waals surface area (Å²) in [6.45, 7) is 6.65. The molecule has 0 fully saturated rings. The summed E-state index contributed by atoms with van der Waals surface area (Å²) in [5.41, 5.74) is 0.972. The van der Waals surface area contributed by atoms with Crippen LogP contribution >= 0.6 is 11.3 Å². The second-order valence-electron chi connectivity index (χ2n) is 5.19. The summed E-state index contributed by atoms with van der Waals surface area (Å²) in [6.07, 6.45) is 1.80. The zero-order chi connectivity index (χ0) is 14.9. The SMILES string of the molecule is CC(C)CNC(=NCc1ccccn1)NCc1cccs1. The molecule has 0 bridgehead atoms. The molecule has 2 heterocycles. The molecule has 112 valence electrons. The predicted octanol–water partition coefficient (Wildman–Crippen LogP) is 3.03. The van der Waals surface area contributed by atoms with Crippen molar-refractivity contribution in [2.24, 2.45) is 10.9 Å². The summed E-state index contributed by atoms with van der Waals surface area (Å²) in [5, 5.41) is 8.82. The minimum Gasteiger partial charge on any atom is -0.356 e. The van der Waals surface area contributed by atoms with Crippen molar-refractivity contribution in [3.8, 4) is 0 Å². The van der Waals surface area contributed by atoms with Crippen LogP contribution in [-0.4, -0.2) is 17.5 Å². The average Bonchev–Trinajstić information content (AvgIpc) is 3.00. The van der Waals surface area contributed by atoms with Gasteiger partial charge in [0, 0.05) is 17.6 Å². The van der Waals surface area contributed by atoms with E-state index in [0.29, 0.717) is 12.5 Å². The number of hydrogen-bond acceptors (Lipinski definition) is 3. The van der Waals surface area contributed by atoms with Gasteiger partial charge >= 0.3 is 0 Å². The lowest BCUT2D eigenvalue weighted by molar-refractivity contribution is 0.613.